The van der Waals surface area contributed by atoms with Crippen molar-refractivity contribution in [3.8, 4) is 0 Å². The van der Waals surface area contributed by atoms with Crippen molar-refractivity contribution in [1.82, 2.24) is 10.2 Å². The summed E-state index contributed by atoms with van der Waals surface area (Å²) >= 11 is 6.06. The van der Waals surface area contributed by atoms with Gasteiger partial charge < -0.3 is 15.8 Å². The van der Waals surface area contributed by atoms with Crippen molar-refractivity contribution in [3.63, 3.8) is 0 Å². The summed E-state index contributed by atoms with van der Waals surface area (Å²) in [6, 6.07) is 8.48. The summed E-state index contributed by atoms with van der Waals surface area (Å²) in [7, 11) is 0. The molecule has 2 rings (SSSR count). The topological polar surface area (TPSA) is 62.9 Å². The van der Waals surface area contributed by atoms with Gasteiger partial charge in [-0.1, -0.05) is 30.7 Å². The minimum absolute atomic E-state index is 0.151. The summed E-state index contributed by atoms with van der Waals surface area (Å²) in [4.78, 5) is 7.03. The van der Waals surface area contributed by atoms with Crippen LogP contribution in [0.3, 0.4) is 0 Å². The van der Waals surface area contributed by atoms with Crippen LogP contribution in [0.1, 0.15) is 45.7 Å². The summed E-state index contributed by atoms with van der Waals surface area (Å²) in [6.45, 7) is 11.5. The third kappa shape index (κ3) is 6.17. The average molecular weight is 367 g/mol. The molecule has 3 N–H and O–H groups in total. The van der Waals surface area contributed by atoms with Gasteiger partial charge in [0.05, 0.1) is 24.8 Å². The molecule has 0 radical (unpaired) electrons. The molecule has 5 nitrogen and oxygen atoms in total. The predicted octanol–water partition coefficient (Wildman–Crippen LogP) is 3.19. The maximum atomic E-state index is 6.06. The molecule has 140 valence electrons. The highest BCUT2D eigenvalue weighted by Gasteiger charge is 2.32. The molecule has 25 heavy (non-hydrogen) atoms. The van der Waals surface area contributed by atoms with Gasteiger partial charge in [0.15, 0.2) is 5.96 Å². The van der Waals surface area contributed by atoms with Crippen molar-refractivity contribution < 1.29 is 4.74 Å². The summed E-state index contributed by atoms with van der Waals surface area (Å²) < 4.78 is 5.86. The molecular formula is C19H31ClN4O. The molecule has 0 amide bonds. The Balaban J connectivity index is 2.17. The van der Waals surface area contributed by atoms with Gasteiger partial charge in [0.25, 0.3) is 0 Å². The third-order valence-electron chi connectivity index (χ3n) is 4.59. The van der Waals surface area contributed by atoms with Gasteiger partial charge in [0.1, 0.15) is 0 Å². The number of ether oxygens (including phenoxy) is 1. The summed E-state index contributed by atoms with van der Waals surface area (Å²) in [5, 5.41) is 3.97. The van der Waals surface area contributed by atoms with E-state index in [1.807, 2.05) is 12.1 Å². The fraction of sp³-hybridized carbons (Fsp3) is 0.632. The number of hydrogen-bond donors (Lipinski definition) is 2. The maximum absolute atomic E-state index is 6.06. The van der Waals surface area contributed by atoms with Crippen molar-refractivity contribution in [2.75, 3.05) is 26.2 Å². The van der Waals surface area contributed by atoms with Crippen LogP contribution < -0.4 is 11.1 Å². The normalized spacial score (nSPS) is 20.9. The Morgan fingerprint density at radius 1 is 1.40 bits per heavy atom. The van der Waals surface area contributed by atoms with Gasteiger partial charge in [-0.25, -0.2) is 0 Å². The lowest BCUT2D eigenvalue weighted by Crippen LogP contribution is -2.50. The zero-order valence-electron chi connectivity index (χ0n) is 15.8. The fourth-order valence-corrected chi connectivity index (χ4v) is 3.15. The van der Waals surface area contributed by atoms with E-state index in [9.17, 15) is 0 Å². The van der Waals surface area contributed by atoms with Crippen molar-refractivity contribution >= 4 is 17.6 Å². The van der Waals surface area contributed by atoms with Crippen LogP contribution in [0.15, 0.2) is 29.3 Å². The summed E-state index contributed by atoms with van der Waals surface area (Å²) in [6.07, 6.45) is 1.01. The van der Waals surface area contributed by atoms with Gasteiger partial charge in [-0.15, -0.1) is 0 Å². The second-order valence-corrected chi connectivity index (χ2v) is 7.76. The number of nitrogens with one attached hydrogen (secondary N) is 1. The Hall–Kier alpha value is -1.30. The van der Waals surface area contributed by atoms with Crippen LogP contribution in [0.2, 0.25) is 5.02 Å². The summed E-state index contributed by atoms with van der Waals surface area (Å²) in [5.41, 5.74) is 7.09. The number of aliphatic imine (C=N–C) groups is 1. The lowest BCUT2D eigenvalue weighted by atomic mass is 10.0. The van der Waals surface area contributed by atoms with Gasteiger partial charge in [0.2, 0.25) is 0 Å². The highest BCUT2D eigenvalue weighted by atomic mass is 35.5. The first-order chi connectivity index (χ1) is 11.8. The van der Waals surface area contributed by atoms with E-state index in [1.54, 1.807) is 0 Å². The molecule has 0 spiro atoms. The number of rotatable bonds is 6. The molecule has 1 aromatic rings. The Labute approximate surface area is 156 Å². The Kier molecular flexibility index (Phi) is 7.11. The minimum atomic E-state index is -0.160. The molecule has 0 saturated carbocycles. The molecule has 2 unspecified atom stereocenters. The number of nitrogens with zero attached hydrogens (tertiary/aromatic N) is 2. The number of benzene rings is 1. The number of halogens is 1. The van der Waals surface area contributed by atoms with Gasteiger partial charge >= 0.3 is 0 Å². The lowest BCUT2D eigenvalue weighted by Gasteiger charge is -2.42. The van der Waals surface area contributed by atoms with Crippen LogP contribution in [-0.2, 0) is 4.74 Å². The van der Waals surface area contributed by atoms with Crippen LogP contribution in [0.5, 0.6) is 0 Å². The van der Waals surface area contributed by atoms with Gasteiger partial charge in [0, 0.05) is 24.2 Å². The molecule has 6 heteroatoms. The van der Waals surface area contributed by atoms with Gasteiger partial charge in [-0.2, -0.15) is 0 Å². The molecule has 1 aromatic carbocycles. The van der Waals surface area contributed by atoms with E-state index in [0.29, 0.717) is 18.5 Å². The third-order valence-corrected chi connectivity index (χ3v) is 4.84. The zero-order valence-corrected chi connectivity index (χ0v) is 16.5. The molecular weight excluding hydrogens is 336 g/mol. The molecule has 1 heterocycles. The number of morpholine rings is 1. The molecule has 1 aliphatic heterocycles. The van der Waals surface area contributed by atoms with Gasteiger partial charge in [-0.3, -0.25) is 9.89 Å². The predicted molar refractivity (Wildman–Crippen MR) is 105 cm³/mol. The Morgan fingerprint density at radius 2 is 2.08 bits per heavy atom. The first-order valence-electron chi connectivity index (χ1n) is 9.00. The Bertz CT molecular complexity index is 573. The van der Waals surface area contributed by atoms with E-state index in [1.165, 1.54) is 5.56 Å². The first-order valence-corrected chi connectivity index (χ1v) is 9.38. The molecule has 0 bridgehead atoms. The number of guanidine groups is 1. The van der Waals surface area contributed by atoms with E-state index < -0.39 is 0 Å². The molecule has 1 aliphatic rings. The molecule has 0 aliphatic carbocycles. The van der Waals surface area contributed by atoms with Crippen molar-refractivity contribution in [1.29, 1.82) is 0 Å². The van der Waals surface area contributed by atoms with Crippen LogP contribution in [-0.4, -0.2) is 48.7 Å². The smallest absolute Gasteiger partial charge is 0.188 e. The quantitative estimate of drug-likeness (QED) is 0.599. The zero-order chi connectivity index (χ0) is 18.4. The summed E-state index contributed by atoms with van der Waals surface area (Å²) in [5.74, 6) is 0.501. The fourth-order valence-electron chi connectivity index (χ4n) is 3.02. The van der Waals surface area contributed by atoms with Crippen LogP contribution in [0, 0.1) is 0 Å². The van der Waals surface area contributed by atoms with Crippen molar-refractivity contribution in [2.45, 2.75) is 51.8 Å². The monoisotopic (exact) mass is 366 g/mol. The van der Waals surface area contributed by atoms with Crippen LogP contribution in [0.25, 0.3) is 0 Å². The Morgan fingerprint density at radius 3 is 2.68 bits per heavy atom. The van der Waals surface area contributed by atoms with E-state index >= 15 is 0 Å². The average Bonchev–Trinajstić information content (AvgIpc) is 2.55. The maximum Gasteiger partial charge on any atom is 0.188 e. The molecule has 1 saturated heterocycles. The van der Waals surface area contributed by atoms with E-state index in [4.69, 9.17) is 22.1 Å². The number of nitrogens with two attached hydrogens (primary N) is 1. The molecule has 2 atom stereocenters. The largest absolute Gasteiger partial charge is 0.373 e. The highest BCUT2D eigenvalue weighted by molar-refractivity contribution is 6.30. The van der Waals surface area contributed by atoms with E-state index in [-0.39, 0.29) is 11.6 Å². The standard InChI is InChI=1S/C19H31ClN4O/c1-5-14(2)23-18(21)22-12-17(15-6-8-16(20)9-7-15)24-10-11-25-19(3,4)13-24/h6-9,14,17H,5,10-13H2,1-4H3,(H3,21,22,23). The second-order valence-electron chi connectivity index (χ2n) is 7.33. The molecule has 1 fully saturated rings. The van der Waals surface area contributed by atoms with Gasteiger partial charge in [-0.05, 0) is 44.9 Å². The minimum Gasteiger partial charge on any atom is -0.373 e. The van der Waals surface area contributed by atoms with Crippen LogP contribution in [0.4, 0.5) is 0 Å². The molecule has 0 aromatic heterocycles. The number of hydrogen-bond acceptors (Lipinski definition) is 3. The lowest BCUT2D eigenvalue weighted by molar-refractivity contribution is -0.0967. The van der Waals surface area contributed by atoms with Crippen LogP contribution >= 0.6 is 11.6 Å². The van der Waals surface area contributed by atoms with Crippen molar-refractivity contribution in [2.24, 2.45) is 10.7 Å². The van der Waals surface area contributed by atoms with E-state index in [2.05, 4.69) is 55.0 Å². The first kappa shape index (κ1) is 20.0. The van der Waals surface area contributed by atoms with E-state index in [0.717, 1.165) is 31.1 Å². The highest BCUT2D eigenvalue weighted by Crippen LogP contribution is 2.28. The van der Waals surface area contributed by atoms with Crippen molar-refractivity contribution in [3.05, 3.63) is 34.9 Å². The second kappa shape index (κ2) is 8.88. The SMILES string of the molecule is CCC(C)NC(N)=NCC(c1ccc(Cl)cc1)N1CCOC(C)(C)C1.